The number of hydrogen-bond acceptors (Lipinski definition) is 6. The molecule has 2 aliphatic heterocycles. The molecule has 0 saturated carbocycles. The van der Waals surface area contributed by atoms with Crippen molar-refractivity contribution in [2.24, 2.45) is 5.92 Å². The van der Waals surface area contributed by atoms with E-state index in [9.17, 15) is 13.2 Å². The summed E-state index contributed by atoms with van der Waals surface area (Å²) in [5.74, 6) is -0.360. The molecule has 2 fully saturated rings. The van der Waals surface area contributed by atoms with Crippen LogP contribution in [0.4, 0.5) is 0 Å². The molecule has 1 aromatic heterocycles. The highest BCUT2D eigenvalue weighted by Gasteiger charge is 2.46. The zero-order valence-corrected chi connectivity index (χ0v) is 12.2. The van der Waals surface area contributed by atoms with Crippen molar-refractivity contribution in [1.29, 1.82) is 5.26 Å². The molecular formula is C14H15N3O3S. The lowest BCUT2D eigenvalue weighted by Gasteiger charge is -2.38. The van der Waals surface area contributed by atoms with E-state index in [1.807, 2.05) is 0 Å². The zero-order valence-electron chi connectivity index (χ0n) is 11.4. The molecule has 0 radical (unpaired) electrons. The summed E-state index contributed by atoms with van der Waals surface area (Å²) in [6, 6.07) is 1.80. The Kier molecular flexibility index (Phi) is 3.49. The molecule has 1 aromatic rings. The Labute approximate surface area is 123 Å². The van der Waals surface area contributed by atoms with E-state index in [-0.39, 0.29) is 28.0 Å². The number of nitriles is 1. The predicted molar refractivity (Wildman–Crippen MR) is 74.1 cm³/mol. The largest absolute Gasteiger partial charge is 0.294 e. The number of nitrogens with zero attached hydrogens (tertiary/aromatic N) is 3. The van der Waals surface area contributed by atoms with E-state index >= 15 is 0 Å². The number of rotatable bonds is 2. The summed E-state index contributed by atoms with van der Waals surface area (Å²) in [7, 11) is -3.05. The van der Waals surface area contributed by atoms with E-state index in [1.165, 1.54) is 12.4 Å². The average Bonchev–Trinajstić information content (AvgIpc) is 2.45. The predicted octanol–water partition coefficient (Wildman–Crippen LogP) is 1.28. The molecule has 7 heteroatoms. The number of ketones is 1. The topological polar surface area (TPSA) is 101 Å². The van der Waals surface area contributed by atoms with Crippen LogP contribution in [0, 0.1) is 17.2 Å². The fourth-order valence-electron chi connectivity index (χ4n) is 3.37. The minimum atomic E-state index is -3.05. The van der Waals surface area contributed by atoms with Crippen LogP contribution in [-0.2, 0) is 9.84 Å². The van der Waals surface area contributed by atoms with E-state index in [0.29, 0.717) is 31.2 Å². The molecule has 2 atom stereocenters. The van der Waals surface area contributed by atoms with Crippen molar-refractivity contribution in [3.05, 3.63) is 23.8 Å². The van der Waals surface area contributed by atoms with Crippen LogP contribution in [-0.4, -0.2) is 34.7 Å². The van der Waals surface area contributed by atoms with E-state index in [1.54, 1.807) is 6.07 Å². The Balaban J connectivity index is 1.82. The molecule has 0 spiro atoms. The highest BCUT2D eigenvalue weighted by atomic mass is 32.2. The summed E-state index contributed by atoms with van der Waals surface area (Å²) in [4.78, 5) is 20.1. The second-order valence-corrected chi connectivity index (χ2v) is 8.22. The Hall–Kier alpha value is -1.81. The molecule has 21 heavy (non-hydrogen) atoms. The molecule has 0 aliphatic carbocycles. The SMILES string of the molecule is N#Cc1ncc(C(=O)C2CC3CCCC(C2)S3(=O)=O)cn1. The third-order valence-electron chi connectivity index (χ3n) is 4.48. The lowest BCUT2D eigenvalue weighted by atomic mass is 9.85. The molecule has 2 aliphatic rings. The molecule has 2 unspecified atom stereocenters. The van der Waals surface area contributed by atoms with E-state index < -0.39 is 9.84 Å². The van der Waals surface area contributed by atoms with Crippen LogP contribution in [0.25, 0.3) is 0 Å². The highest BCUT2D eigenvalue weighted by Crippen LogP contribution is 2.40. The summed E-state index contributed by atoms with van der Waals surface area (Å²) in [6.07, 6.45) is 5.75. The van der Waals surface area contributed by atoms with E-state index in [4.69, 9.17) is 5.26 Å². The first-order valence-electron chi connectivity index (χ1n) is 7.01. The molecule has 6 nitrogen and oxygen atoms in total. The summed E-state index contributed by atoms with van der Waals surface area (Å²) in [5, 5.41) is 7.90. The number of carbonyl (C=O) groups is 1. The van der Waals surface area contributed by atoms with Gasteiger partial charge in [0.05, 0.1) is 16.1 Å². The van der Waals surface area contributed by atoms with Crippen LogP contribution < -0.4 is 0 Å². The summed E-state index contributed by atoms with van der Waals surface area (Å²) in [5.41, 5.74) is 0.358. The molecule has 110 valence electrons. The van der Waals surface area contributed by atoms with Gasteiger partial charge in [0.2, 0.25) is 5.82 Å². The van der Waals surface area contributed by atoms with Gasteiger partial charge in [0.15, 0.2) is 15.6 Å². The number of hydrogen-bond donors (Lipinski definition) is 0. The molecule has 3 rings (SSSR count). The lowest BCUT2D eigenvalue weighted by molar-refractivity contribution is 0.0893. The standard InChI is InChI=1S/C14H15N3O3S/c15-6-13-16-7-10(8-17-13)14(18)9-4-11-2-1-3-12(5-9)21(11,19)20/h7-9,11-12H,1-5H2. The second kappa shape index (κ2) is 5.19. The van der Waals surface area contributed by atoms with Crippen molar-refractivity contribution >= 4 is 15.6 Å². The first-order valence-corrected chi connectivity index (χ1v) is 8.62. The van der Waals surface area contributed by atoms with E-state index in [2.05, 4.69) is 9.97 Å². The zero-order chi connectivity index (χ0) is 15.0. The monoisotopic (exact) mass is 305 g/mol. The Morgan fingerprint density at radius 3 is 2.29 bits per heavy atom. The summed E-state index contributed by atoms with van der Waals surface area (Å²) < 4.78 is 24.4. The van der Waals surface area contributed by atoms with Crippen molar-refractivity contribution in [1.82, 2.24) is 9.97 Å². The van der Waals surface area contributed by atoms with Crippen LogP contribution >= 0.6 is 0 Å². The third kappa shape index (κ3) is 2.44. The minimum Gasteiger partial charge on any atom is -0.294 e. The smallest absolute Gasteiger partial charge is 0.232 e. The van der Waals surface area contributed by atoms with Gasteiger partial charge in [0.1, 0.15) is 6.07 Å². The first-order chi connectivity index (χ1) is 10.0. The number of Topliss-reactive ketones (excluding diaryl/α,β-unsaturated/α-hetero) is 1. The van der Waals surface area contributed by atoms with Crippen molar-refractivity contribution in [2.75, 3.05) is 0 Å². The van der Waals surface area contributed by atoms with Gasteiger partial charge >= 0.3 is 0 Å². The summed E-state index contributed by atoms with van der Waals surface area (Å²) >= 11 is 0. The normalized spacial score (nSPS) is 30.3. The van der Waals surface area contributed by atoms with Gasteiger partial charge in [-0.3, -0.25) is 4.79 Å². The van der Waals surface area contributed by atoms with Crippen molar-refractivity contribution < 1.29 is 13.2 Å². The lowest BCUT2D eigenvalue weighted by Crippen LogP contribution is -2.45. The fourth-order valence-corrected chi connectivity index (χ4v) is 5.91. The average molecular weight is 305 g/mol. The maximum Gasteiger partial charge on any atom is 0.232 e. The Morgan fingerprint density at radius 1 is 1.19 bits per heavy atom. The van der Waals surface area contributed by atoms with Crippen LogP contribution in [0.1, 0.15) is 48.3 Å². The molecular weight excluding hydrogens is 290 g/mol. The fraction of sp³-hybridized carbons (Fsp3) is 0.571. The van der Waals surface area contributed by atoms with Gasteiger partial charge in [-0.05, 0) is 25.7 Å². The quantitative estimate of drug-likeness (QED) is 0.763. The Bertz CT molecular complexity index is 686. The van der Waals surface area contributed by atoms with Gasteiger partial charge in [-0.25, -0.2) is 18.4 Å². The summed E-state index contributed by atoms with van der Waals surface area (Å²) in [6.45, 7) is 0. The van der Waals surface area contributed by atoms with Gasteiger partial charge in [0.25, 0.3) is 0 Å². The number of sulfone groups is 1. The number of fused-ring (bicyclic) bond motifs is 2. The molecule has 2 saturated heterocycles. The van der Waals surface area contributed by atoms with Gasteiger partial charge in [-0.2, -0.15) is 5.26 Å². The molecule has 0 aromatic carbocycles. The van der Waals surface area contributed by atoms with Crippen molar-refractivity contribution in [2.45, 2.75) is 42.6 Å². The van der Waals surface area contributed by atoms with Crippen LogP contribution in [0.15, 0.2) is 12.4 Å². The molecule has 0 amide bonds. The number of aromatic nitrogens is 2. The van der Waals surface area contributed by atoms with Crippen molar-refractivity contribution in [3.63, 3.8) is 0 Å². The Morgan fingerprint density at radius 2 is 1.76 bits per heavy atom. The number of carbonyl (C=O) groups excluding carboxylic acids is 1. The van der Waals surface area contributed by atoms with Gasteiger partial charge < -0.3 is 0 Å². The highest BCUT2D eigenvalue weighted by molar-refractivity contribution is 7.92. The molecule has 2 bridgehead atoms. The first kappa shape index (κ1) is 14.1. The molecule has 0 N–H and O–H groups in total. The second-order valence-electron chi connectivity index (χ2n) is 5.70. The minimum absolute atomic E-state index is 0.0228. The maximum absolute atomic E-state index is 12.5. The van der Waals surface area contributed by atoms with Crippen LogP contribution in [0.2, 0.25) is 0 Å². The van der Waals surface area contributed by atoms with Gasteiger partial charge in [0, 0.05) is 18.3 Å². The maximum atomic E-state index is 12.5. The van der Waals surface area contributed by atoms with Crippen LogP contribution in [0.5, 0.6) is 0 Å². The third-order valence-corrected chi connectivity index (χ3v) is 7.20. The van der Waals surface area contributed by atoms with Gasteiger partial charge in [-0.15, -0.1) is 0 Å². The van der Waals surface area contributed by atoms with E-state index in [0.717, 1.165) is 6.42 Å². The van der Waals surface area contributed by atoms with Crippen molar-refractivity contribution in [3.8, 4) is 6.07 Å². The molecule has 3 heterocycles. The van der Waals surface area contributed by atoms with Gasteiger partial charge in [-0.1, -0.05) is 6.42 Å². The van der Waals surface area contributed by atoms with Crippen LogP contribution in [0.3, 0.4) is 0 Å².